The lowest BCUT2D eigenvalue weighted by atomic mass is 10.2. The van der Waals surface area contributed by atoms with Gasteiger partial charge in [-0.1, -0.05) is 6.07 Å². The lowest BCUT2D eigenvalue weighted by molar-refractivity contribution is 0.0788. The molecule has 0 bridgehead atoms. The standard InChI is InChI=1S/C19H20N4O2S/c1-25-15-6-4-5-14(10-15)21-19-22-17(12-26-19)13-9-16(20-11-13)18(24)23-7-2-3-8-23/h4-6,9-12,20H,2-3,7-8H2,1H3,(H,21,22). The first-order valence-corrected chi connectivity index (χ1v) is 9.45. The van der Waals surface area contributed by atoms with E-state index in [1.165, 1.54) is 11.3 Å². The number of carbonyl (C=O) groups excluding carboxylic acids is 1. The number of aromatic amines is 1. The van der Waals surface area contributed by atoms with Crippen LogP contribution in [0.25, 0.3) is 11.3 Å². The Morgan fingerprint density at radius 1 is 1.31 bits per heavy atom. The van der Waals surface area contributed by atoms with Crippen LogP contribution in [0.3, 0.4) is 0 Å². The zero-order chi connectivity index (χ0) is 17.9. The third-order valence-corrected chi connectivity index (χ3v) is 5.19. The second kappa shape index (κ2) is 7.21. The van der Waals surface area contributed by atoms with Crippen molar-refractivity contribution >= 4 is 28.1 Å². The molecule has 0 radical (unpaired) electrons. The van der Waals surface area contributed by atoms with E-state index in [-0.39, 0.29) is 5.91 Å². The van der Waals surface area contributed by atoms with Crippen LogP contribution in [0, 0.1) is 0 Å². The van der Waals surface area contributed by atoms with Gasteiger partial charge in [0.1, 0.15) is 11.4 Å². The molecule has 0 spiro atoms. The van der Waals surface area contributed by atoms with Crippen molar-refractivity contribution in [1.29, 1.82) is 0 Å². The van der Waals surface area contributed by atoms with E-state index >= 15 is 0 Å². The average Bonchev–Trinajstić information content (AvgIpc) is 3.41. The second-order valence-corrected chi connectivity index (χ2v) is 7.05. The van der Waals surface area contributed by atoms with Crippen LogP contribution in [0.4, 0.5) is 10.8 Å². The van der Waals surface area contributed by atoms with Crippen molar-refractivity contribution in [3.05, 3.63) is 47.6 Å². The number of hydrogen-bond acceptors (Lipinski definition) is 5. The molecule has 2 aromatic heterocycles. The number of nitrogens with one attached hydrogen (secondary N) is 2. The van der Waals surface area contributed by atoms with Gasteiger partial charge in [-0.05, 0) is 31.0 Å². The van der Waals surface area contributed by atoms with E-state index in [2.05, 4.69) is 15.3 Å². The van der Waals surface area contributed by atoms with Gasteiger partial charge >= 0.3 is 0 Å². The monoisotopic (exact) mass is 368 g/mol. The normalized spacial score (nSPS) is 13.8. The minimum Gasteiger partial charge on any atom is -0.497 e. The number of amides is 1. The smallest absolute Gasteiger partial charge is 0.270 e. The quantitative estimate of drug-likeness (QED) is 0.710. The highest BCUT2D eigenvalue weighted by atomic mass is 32.1. The number of likely N-dealkylation sites (tertiary alicyclic amines) is 1. The summed E-state index contributed by atoms with van der Waals surface area (Å²) in [6.45, 7) is 1.69. The highest BCUT2D eigenvalue weighted by Crippen LogP contribution is 2.29. The molecule has 1 aliphatic heterocycles. The number of carbonyl (C=O) groups is 1. The average molecular weight is 368 g/mol. The van der Waals surface area contributed by atoms with E-state index in [9.17, 15) is 4.79 Å². The molecule has 6 nitrogen and oxygen atoms in total. The van der Waals surface area contributed by atoms with E-state index in [1.807, 2.05) is 46.8 Å². The molecule has 1 fully saturated rings. The number of benzene rings is 1. The van der Waals surface area contributed by atoms with Crippen LogP contribution in [-0.2, 0) is 0 Å². The van der Waals surface area contributed by atoms with Crippen molar-refractivity contribution in [3.8, 4) is 17.0 Å². The summed E-state index contributed by atoms with van der Waals surface area (Å²) in [5.74, 6) is 0.862. The van der Waals surface area contributed by atoms with E-state index in [4.69, 9.17) is 4.74 Å². The Kier molecular flexibility index (Phi) is 4.62. The number of ether oxygens (including phenoxy) is 1. The summed E-state index contributed by atoms with van der Waals surface area (Å²) < 4.78 is 5.24. The Labute approximate surface area is 155 Å². The summed E-state index contributed by atoms with van der Waals surface area (Å²) in [7, 11) is 1.65. The third-order valence-electron chi connectivity index (χ3n) is 4.43. The number of aromatic nitrogens is 2. The van der Waals surface area contributed by atoms with Crippen molar-refractivity contribution in [1.82, 2.24) is 14.9 Å². The number of nitrogens with zero attached hydrogens (tertiary/aromatic N) is 2. The van der Waals surface area contributed by atoms with E-state index in [1.54, 1.807) is 7.11 Å². The summed E-state index contributed by atoms with van der Waals surface area (Å²) in [4.78, 5) is 22.1. The molecule has 0 atom stereocenters. The van der Waals surface area contributed by atoms with Crippen LogP contribution in [0.2, 0.25) is 0 Å². The van der Waals surface area contributed by atoms with Crippen LogP contribution in [-0.4, -0.2) is 41.0 Å². The molecule has 1 amide bonds. The molecular formula is C19H20N4O2S. The van der Waals surface area contributed by atoms with E-state index in [0.717, 1.165) is 53.8 Å². The Bertz CT molecular complexity index is 912. The minimum atomic E-state index is 0.0682. The summed E-state index contributed by atoms with van der Waals surface area (Å²) >= 11 is 1.52. The lowest BCUT2D eigenvalue weighted by Gasteiger charge is -2.13. The van der Waals surface area contributed by atoms with Crippen LogP contribution in [0.5, 0.6) is 5.75 Å². The Morgan fingerprint density at radius 3 is 2.96 bits per heavy atom. The van der Waals surface area contributed by atoms with Gasteiger partial charge in [-0.25, -0.2) is 4.98 Å². The fraction of sp³-hybridized carbons (Fsp3) is 0.263. The molecule has 2 N–H and O–H groups in total. The highest BCUT2D eigenvalue weighted by molar-refractivity contribution is 7.14. The van der Waals surface area contributed by atoms with Crippen LogP contribution < -0.4 is 10.1 Å². The second-order valence-electron chi connectivity index (χ2n) is 6.20. The van der Waals surface area contributed by atoms with E-state index < -0.39 is 0 Å². The maximum atomic E-state index is 12.5. The van der Waals surface area contributed by atoms with Gasteiger partial charge < -0.3 is 19.9 Å². The zero-order valence-electron chi connectivity index (χ0n) is 14.5. The van der Waals surface area contributed by atoms with Crippen molar-refractivity contribution in [2.24, 2.45) is 0 Å². The molecule has 3 aromatic rings. The topological polar surface area (TPSA) is 70.2 Å². The summed E-state index contributed by atoms with van der Waals surface area (Å²) in [5.41, 5.74) is 3.31. The van der Waals surface area contributed by atoms with Crippen LogP contribution >= 0.6 is 11.3 Å². The van der Waals surface area contributed by atoms with Gasteiger partial charge in [0.25, 0.3) is 5.91 Å². The molecule has 0 unspecified atom stereocenters. The lowest BCUT2D eigenvalue weighted by Crippen LogP contribution is -2.27. The van der Waals surface area contributed by atoms with Gasteiger partial charge in [0, 0.05) is 42.0 Å². The maximum absolute atomic E-state index is 12.5. The number of thiazole rings is 1. The molecule has 0 saturated carbocycles. The number of methoxy groups -OCH3 is 1. The number of H-pyrrole nitrogens is 1. The predicted octanol–water partition coefficient (Wildman–Crippen LogP) is 4.13. The first-order chi connectivity index (χ1) is 12.7. The molecular weight excluding hydrogens is 348 g/mol. The van der Waals surface area contributed by atoms with Crippen molar-refractivity contribution in [2.75, 3.05) is 25.5 Å². The Morgan fingerprint density at radius 2 is 2.15 bits per heavy atom. The molecule has 4 rings (SSSR count). The number of rotatable bonds is 5. The zero-order valence-corrected chi connectivity index (χ0v) is 15.3. The van der Waals surface area contributed by atoms with Crippen LogP contribution in [0.15, 0.2) is 41.9 Å². The first kappa shape index (κ1) is 16.7. The van der Waals surface area contributed by atoms with Crippen molar-refractivity contribution < 1.29 is 9.53 Å². The summed E-state index contributed by atoms with van der Waals surface area (Å²) in [5, 5.41) is 6.06. The number of anilines is 2. The van der Waals surface area contributed by atoms with Crippen LogP contribution in [0.1, 0.15) is 23.3 Å². The molecule has 134 valence electrons. The molecule has 7 heteroatoms. The van der Waals surface area contributed by atoms with Crippen molar-refractivity contribution in [2.45, 2.75) is 12.8 Å². The predicted molar refractivity (Wildman–Crippen MR) is 103 cm³/mol. The molecule has 1 aromatic carbocycles. The molecule has 0 aliphatic carbocycles. The molecule has 1 saturated heterocycles. The fourth-order valence-corrected chi connectivity index (χ4v) is 3.78. The maximum Gasteiger partial charge on any atom is 0.270 e. The number of hydrogen-bond donors (Lipinski definition) is 2. The van der Waals surface area contributed by atoms with Crippen molar-refractivity contribution in [3.63, 3.8) is 0 Å². The van der Waals surface area contributed by atoms with Gasteiger partial charge in [0.2, 0.25) is 0 Å². The minimum absolute atomic E-state index is 0.0682. The van der Waals surface area contributed by atoms with Gasteiger partial charge in [-0.15, -0.1) is 11.3 Å². The molecule has 26 heavy (non-hydrogen) atoms. The summed E-state index contributed by atoms with van der Waals surface area (Å²) in [6, 6.07) is 9.59. The van der Waals surface area contributed by atoms with Gasteiger partial charge in [-0.2, -0.15) is 0 Å². The summed E-state index contributed by atoms with van der Waals surface area (Å²) in [6.07, 6.45) is 4.02. The van der Waals surface area contributed by atoms with E-state index in [0.29, 0.717) is 5.69 Å². The highest BCUT2D eigenvalue weighted by Gasteiger charge is 2.21. The fourth-order valence-electron chi connectivity index (χ4n) is 3.04. The Balaban J connectivity index is 1.48. The SMILES string of the molecule is COc1cccc(Nc2nc(-c3c[nH]c(C(=O)N4CCCC4)c3)cs2)c1. The molecule has 1 aliphatic rings. The molecule has 3 heterocycles. The van der Waals surface area contributed by atoms with Gasteiger partial charge in [0.15, 0.2) is 5.13 Å². The Hall–Kier alpha value is -2.80. The third kappa shape index (κ3) is 3.43. The first-order valence-electron chi connectivity index (χ1n) is 8.57. The largest absolute Gasteiger partial charge is 0.497 e. The van der Waals surface area contributed by atoms with Gasteiger partial charge in [-0.3, -0.25) is 4.79 Å². The van der Waals surface area contributed by atoms with Gasteiger partial charge in [0.05, 0.1) is 12.8 Å².